The van der Waals surface area contributed by atoms with Gasteiger partial charge >= 0.3 is 0 Å². The van der Waals surface area contributed by atoms with Crippen molar-refractivity contribution in [3.05, 3.63) is 4.91 Å². The van der Waals surface area contributed by atoms with Gasteiger partial charge in [-0.15, -0.1) is 17.3 Å². The summed E-state index contributed by atoms with van der Waals surface area (Å²) < 4.78 is 0. The highest BCUT2D eigenvalue weighted by Crippen LogP contribution is 1.83. The lowest BCUT2D eigenvalue weighted by atomic mass is 10.4. The van der Waals surface area contributed by atoms with Crippen LogP contribution in [-0.2, 0) is 0 Å². The van der Waals surface area contributed by atoms with Gasteiger partial charge in [-0.1, -0.05) is 0 Å². The minimum Gasteiger partial charge on any atom is -0.263 e. The van der Waals surface area contributed by atoms with Gasteiger partial charge in [-0.25, -0.2) is 0 Å². The Balaban J connectivity index is 3.13. The molecule has 0 aliphatic heterocycles. The summed E-state index contributed by atoms with van der Waals surface area (Å²) in [4.78, 5) is 9.62. The van der Waals surface area contributed by atoms with Gasteiger partial charge in [0.25, 0.3) is 0 Å². The van der Waals surface area contributed by atoms with Gasteiger partial charge in [-0.05, 0) is 0 Å². The molecular weight excluding hydrogens is 104 g/mol. The van der Waals surface area contributed by atoms with Crippen molar-refractivity contribution in [2.24, 2.45) is 5.29 Å². The Hall–Kier alpha value is -1.04. The topological polar surface area (TPSA) is 32.7 Å². The van der Waals surface area contributed by atoms with Gasteiger partial charge in [0.05, 0.1) is 5.29 Å². The molecule has 0 aliphatic carbocycles. The zero-order valence-corrected chi connectivity index (χ0v) is 4.79. The summed E-state index contributed by atoms with van der Waals surface area (Å²) >= 11 is 0. The number of hydrogen-bond donors (Lipinski definition) is 0. The van der Waals surface area contributed by atoms with Gasteiger partial charge in [0.15, 0.2) is 0 Å². The molecule has 0 aliphatic rings. The lowest BCUT2D eigenvalue weighted by Gasteiger charge is -2.02. The Morgan fingerprint density at radius 2 is 2.50 bits per heavy atom. The van der Waals surface area contributed by atoms with E-state index in [1.807, 2.05) is 0 Å². The number of terminal acetylenes is 1. The first-order chi connectivity index (χ1) is 3.81. The summed E-state index contributed by atoms with van der Waals surface area (Å²) in [5.41, 5.74) is 0. The minimum absolute atomic E-state index is 0.542. The third-order valence-electron chi connectivity index (χ3n) is 0.719. The third kappa shape index (κ3) is 3.16. The molecule has 0 aromatic carbocycles. The molecule has 0 heterocycles. The van der Waals surface area contributed by atoms with E-state index in [0.29, 0.717) is 13.0 Å². The first-order valence-electron chi connectivity index (χ1n) is 2.29. The Morgan fingerprint density at radius 3 is 2.88 bits per heavy atom. The summed E-state index contributed by atoms with van der Waals surface area (Å²) in [6, 6.07) is 0. The fourth-order valence-electron chi connectivity index (χ4n) is 0.267. The van der Waals surface area contributed by atoms with Crippen LogP contribution in [0.4, 0.5) is 0 Å². The quantitative estimate of drug-likeness (QED) is 0.304. The second-order valence-electron chi connectivity index (χ2n) is 1.42. The monoisotopic (exact) mass is 112 g/mol. The molecule has 0 amide bonds. The molecular formula is C5H8N2O. The van der Waals surface area contributed by atoms with Gasteiger partial charge in [0, 0.05) is 20.0 Å². The molecule has 0 rings (SSSR count). The summed E-state index contributed by atoms with van der Waals surface area (Å²) in [6.45, 7) is 0.542. The number of hydrogen-bond acceptors (Lipinski definition) is 2. The van der Waals surface area contributed by atoms with E-state index in [0.717, 1.165) is 0 Å². The Morgan fingerprint density at radius 1 is 1.88 bits per heavy atom. The lowest BCUT2D eigenvalue weighted by Crippen LogP contribution is -2.10. The third-order valence-corrected chi connectivity index (χ3v) is 0.719. The second kappa shape index (κ2) is 4.13. The molecule has 0 aromatic rings. The van der Waals surface area contributed by atoms with E-state index in [-0.39, 0.29) is 0 Å². The zero-order valence-electron chi connectivity index (χ0n) is 4.79. The van der Waals surface area contributed by atoms with Crippen LogP contribution in [0.25, 0.3) is 0 Å². The van der Waals surface area contributed by atoms with E-state index in [2.05, 4.69) is 11.2 Å². The molecule has 0 unspecified atom stereocenters. The number of nitrogens with zero attached hydrogens (tertiary/aromatic N) is 2. The van der Waals surface area contributed by atoms with Gasteiger partial charge in [0.2, 0.25) is 0 Å². The molecule has 0 spiro atoms. The van der Waals surface area contributed by atoms with Crippen molar-refractivity contribution in [2.75, 3.05) is 13.6 Å². The fraction of sp³-hybridized carbons (Fsp3) is 0.600. The van der Waals surface area contributed by atoms with Crippen LogP contribution in [0.1, 0.15) is 6.42 Å². The van der Waals surface area contributed by atoms with Crippen molar-refractivity contribution in [3.8, 4) is 12.3 Å². The summed E-state index contributed by atoms with van der Waals surface area (Å²) in [5, 5.41) is 3.88. The van der Waals surface area contributed by atoms with Crippen molar-refractivity contribution in [3.63, 3.8) is 0 Å². The van der Waals surface area contributed by atoms with Crippen LogP contribution in [0.5, 0.6) is 0 Å². The molecule has 0 saturated heterocycles. The molecule has 44 valence electrons. The van der Waals surface area contributed by atoms with Gasteiger partial charge in [-0.3, -0.25) is 5.01 Å². The second-order valence-corrected chi connectivity index (χ2v) is 1.42. The van der Waals surface area contributed by atoms with Crippen molar-refractivity contribution < 1.29 is 0 Å². The molecule has 0 fully saturated rings. The molecule has 0 radical (unpaired) electrons. The Bertz CT molecular complexity index is 105. The predicted molar refractivity (Wildman–Crippen MR) is 31.9 cm³/mol. The van der Waals surface area contributed by atoms with E-state index in [4.69, 9.17) is 6.42 Å². The van der Waals surface area contributed by atoms with Crippen molar-refractivity contribution in [2.45, 2.75) is 6.42 Å². The number of rotatable bonds is 3. The van der Waals surface area contributed by atoms with Gasteiger partial charge in [-0.2, -0.15) is 0 Å². The van der Waals surface area contributed by atoms with Crippen molar-refractivity contribution in [1.29, 1.82) is 0 Å². The maximum absolute atomic E-state index is 9.62. The SMILES string of the molecule is C#CCCN(C)N=O. The van der Waals surface area contributed by atoms with Crippen LogP contribution in [-0.4, -0.2) is 18.6 Å². The molecule has 3 nitrogen and oxygen atoms in total. The maximum atomic E-state index is 9.62. The van der Waals surface area contributed by atoms with E-state index < -0.39 is 0 Å². The van der Waals surface area contributed by atoms with Crippen LogP contribution >= 0.6 is 0 Å². The zero-order chi connectivity index (χ0) is 6.41. The highest BCUT2D eigenvalue weighted by Gasteiger charge is 1.87. The molecule has 0 aromatic heterocycles. The molecule has 0 saturated carbocycles. The number of nitroso groups, excluding NO2 is 1. The first-order valence-corrected chi connectivity index (χ1v) is 2.29. The lowest BCUT2D eigenvalue weighted by molar-refractivity contribution is 0.359. The molecule has 8 heavy (non-hydrogen) atoms. The predicted octanol–water partition coefficient (Wildman–Crippen LogP) is 0.623. The van der Waals surface area contributed by atoms with Crippen LogP contribution in [0.2, 0.25) is 0 Å². The highest BCUT2D eigenvalue weighted by atomic mass is 16.3. The van der Waals surface area contributed by atoms with Crippen molar-refractivity contribution >= 4 is 0 Å². The summed E-state index contributed by atoms with van der Waals surface area (Å²) in [5.74, 6) is 2.39. The Kier molecular flexibility index (Phi) is 3.59. The van der Waals surface area contributed by atoms with E-state index in [9.17, 15) is 4.91 Å². The average Bonchev–Trinajstić information content (AvgIpc) is 1.83. The van der Waals surface area contributed by atoms with Crippen LogP contribution < -0.4 is 0 Å². The van der Waals surface area contributed by atoms with Crippen molar-refractivity contribution in [1.82, 2.24) is 5.01 Å². The molecule has 3 heteroatoms. The van der Waals surface area contributed by atoms with E-state index >= 15 is 0 Å². The highest BCUT2D eigenvalue weighted by molar-refractivity contribution is 4.83. The maximum Gasteiger partial charge on any atom is 0.0521 e. The average molecular weight is 112 g/mol. The van der Waals surface area contributed by atoms with E-state index in [1.165, 1.54) is 5.01 Å². The summed E-state index contributed by atoms with van der Waals surface area (Å²) in [7, 11) is 1.59. The Labute approximate surface area is 48.6 Å². The molecule has 0 bridgehead atoms. The molecule has 0 atom stereocenters. The van der Waals surface area contributed by atoms with Crippen LogP contribution in [0.3, 0.4) is 0 Å². The molecule has 0 N–H and O–H groups in total. The van der Waals surface area contributed by atoms with Crippen LogP contribution in [0.15, 0.2) is 5.29 Å². The first kappa shape index (κ1) is 6.96. The summed E-state index contributed by atoms with van der Waals surface area (Å²) in [6.07, 6.45) is 5.48. The largest absolute Gasteiger partial charge is 0.263 e. The van der Waals surface area contributed by atoms with Gasteiger partial charge < -0.3 is 0 Å². The minimum atomic E-state index is 0.542. The normalized spacial score (nSPS) is 7.50. The van der Waals surface area contributed by atoms with E-state index in [1.54, 1.807) is 7.05 Å². The van der Waals surface area contributed by atoms with Gasteiger partial charge in [0.1, 0.15) is 0 Å². The van der Waals surface area contributed by atoms with Crippen LogP contribution in [0, 0.1) is 17.3 Å². The standard InChI is InChI=1S/C5H8N2O/c1-3-4-5-7(2)6-8/h1H,4-5H2,2H3. The smallest absolute Gasteiger partial charge is 0.0521 e. The fourth-order valence-corrected chi connectivity index (χ4v) is 0.267.